The van der Waals surface area contributed by atoms with Gasteiger partial charge in [-0.2, -0.15) is 0 Å². The number of hydrogen-bond acceptors (Lipinski definition) is 6. The lowest BCUT2D eigenvalue weighted by atomic mass is 10.7. The van der Waals surface area contributed by atoms with E-state index in [9.17, 15) is 0 Å². The van der Waals surface area contributed by atoms with E-state index in [1.165, 1.54) is 23.5 Å². The van der Waals surface area contributed by atoms with Crippen LogP contribution in [0.4, 0.5) is 0 Å². The summed E-state index contributed by atoms with van der Waals surface area (Å²) in [6, 6.07) is 0. The molecule has 1 heterocycles. The molecular weight excluding hydrogens is 232 g/mol. The Hall–Kier alpha value is 1.06. The van der Waals surface area contributed by atoms with Gasteiger partial charge in [-0.3, -0.25) is 0 Å². The van der Waals surface area contributed by atoms with Crippen LogP contribution in [0.3, 0.4) is 0 Å². The standard InChI is InChI=1S/C6H10O2S4/c1-7-3-4(8-2)12-6(10)5(9)11-3/h3-4,9-10H,1-2H3. The molecule has 0 radical (unpaired) electrons. The Morgan fingerprint density at radius 1 is 1.00 bits per heavy atom. The predicted octanol–water partition coefficient (Wildman–Crippen LogP) is 2.40. The third kappa shape index (κ3) is 2.52. The summed E-state index contributed by atoms with van der Waals surface area (Å²) >= 11 is 11.6. The maximum absolute atomic E-state index is 5.21. The van der Waals surface area contributed by atoms with E-state index in [2.05, 4.69) is 25.3 Å². The molecule has 0 N–H and O–H groups in total. The molecule has 0 aromatic heterocycles. The SMILES string of the molecule is COC1SC(S)=C(S)SC1OC. The van der Waals surface area contributed by atoms with Crippen LogP contribution in [0.2, 0.25) is 0 Å². The first-order valence-corrected chi connectivity index (χ1v) is 5.85. The molecule has 0 saturated carbocycles. The van der Waals surface area contributed by atoms with Crippen molar-refractivity contribution in [3.8, 4) is 0 Å². The lowest BCUT2D eigenvalue weighted by Crippen LogP contribution is -2.25. The van der Waals surface area contributed by atoms with Crippen LogP contribution in [0, 0.1) is 0 Å². The molecule has 2 atom stereocenters. The van der Waals surface area contributed by atoms with E-state index < -0.39 is 0 Å². The highest BCUT2D eigenvalue weighted by Gasteiger charge is 2.29. The van der Waals surface area contributed by atoms with Gasteiger partial charge in [0.05, 0.1) is 8.47 Å². The largest absolute Gasteiger partial charge is 0.367 e. The monoisotopic (exact) mass is 242 g/mol. The Kier molecular flexibility index (Phi) is 4.70. The lowest BCUT2D eigenvalue weighted by molar-refractivity contribution is 0.0610. The van der Waals surface area contributed by atoms with E-state index in [0.717, 1.165) is 8.47 Å². The van der Waals surface area contributed by atoms with Crippen molar-refractivity contribution in [1.29, 1.82) is 0 Å². The van der Waals surface area contributed by atoms with E-state index in [4.69, 9.17) is 9.47 Å². The van der Waals surface area contributed by atoms with Crippen molar-refractivity contribution in [2.24, 2.45) is 0 Å². The minimum Gasteiger partial charge on any atom is -0.367 e. The predicted molar refractivity (Wildman–Crippen MR) is 61.8 cm³/mol. The minimum atomic E-state index is 0.00315. The molecule has 0 aromatic carbocycles. The highest BCUT2D eigenvalue weighted by molar-refractivity contribution is 8.23. The molecule has 0 fully saturated rings. The molecule has 0 aromatic rings. The molecule has 0 spiro atoms. The Morgan fingerprint density at radius 2 is 1.33 bits per heavy atom. The summed E-state index contributed by atoms with van der Waals surface area (Å²) in [4.78, 5) is 0. The zero-order chi connectivity index (χ0) is 9.14. The summed E-state index contributed by atoms with van der Waals surface area (Å²) in [6.45, 7) is 0. The van der Waals surface area contributed by atoms with Crippen LogP contribution >= 0.6 is 48.8 Å². The van der Waals surface area contributed by atoms with Crippen LogP contribution in [0.25, 0.3) is 0 Å². The molecule has 1 aliphatic rings. The van der Waals surface area contributed by atoms with Gasteiger partial charge in [-0.05, 0) is 0 Å². The van der Waals surface area contributed by atoms with Crippen molar-refractivity contribution < 1.29 is 9.47 Å². The summed E-state index contributed by atoms with van der Waals surface area (Å²) in [5.41, 5.74) is 0.00630. The van der Waals surface area contributed by atoms with Crippen LogP contribution < -0.4 is 0 Å². The zero-order valence-electron chi connectivity index (χ0n) is 6.68. The van der Waals surface area contributed by atoms with Crippen LogP contribution in [0.1, 0.15) is 0 Å². The molecule has 0 aliphatic carbocycles. The first-order chi connectivity index (χ1) is 5.69. The molecule has 0 amide bonds. The number of ether oxygens (including phenoxy) is 2. The first kappa shape index (κ1) is 11.1. The summed E-state index contributed by atoms with van der Waals surface area (Å²) in [7, 11) is 3.32. The van der Waals surface area contributed by atoms with Crippen molar-refractivity contribution in [1.82, 2.24) is 0 Å². The van der Waals surface area contributed by atoms with Gasteiger partial charge in [0.15, 0.2) is 0 Å². The molecule has 2 nitrogen and oxygen atoms in total. The van der Waals surface area contributed by atoms with Crippen molar-refractivity contribution in [2.75, 3.05) is 14.2 Å². The molecule has 1 aliphatic heterocycles. The lowest BCUT2D eigenvalue weighted by Gasteiger charge is -2.28. The van der Waals surface area contributed by atoms with Gasteiger partial charge >= 0.3 is 0 Å². The minimum absolute atomic E-state index is 0.00315. The molecule has 0 saturated heterocycles. The molecule has 0 bridgehead atoms. The van der Waals surface area contributed by atoms with E-state index in [0.29, 0.717) is 0 Å². The van der Waals surface area contributed by atoms with Gasteiger partial charge < -0.3 is 9.47 Å². The number of methoxy groups -OCH3 is 2. The van der Waals surface area contributed by atoms with Gasteiger partial charge in [0.2, 0.25) is 0 Å². The molecule has 1 rings (SSSR count). The number of thioether (sulfide) groups is 2. The van der Waals surface area contributed by atoms with Gasteiger partial charge in [0, 0.05) is 14.2 Å². The van der Waals surface area contributed by atoms with Gasteiger partial charge in [0.1, 0.15) is 10.9 Å². The topological polar surface area (TPSA) is 18.5 Å². The second-order valence-electron chi connectivity index (χ2n) is 2.05. The summed E-state index contributed by atoms with van der Waals surface area (Å²) < 4.78 is 12.2. The Balaban J connectivity index is 2.68. The summed E-state index contributed by atoms with van der Waals surface area (Å²) in [5, 5.41) is 0. The second-order valence-corrected chi connectivity index (χ2v) is 5.77. The van der Waals surface area contributed by atoms with Gasteiger partial charge in [-0.15, -0.1) is 25.3 Å². The Labute approximate surface area is 91.7 Å². The van der Waals surface area contributed by atoms with Crippen molar-refractivity contribution in [3.63, 3.8) is 0 Å². The first-order valence-electron chi connectivity index (χ1n) is 3.20. The number of rotatable bonds is 2. The fourth-order valence-corrected chi connectivity index (χ4v) is 3.59. The maximum atomic E-state index is 5.21. The third-order valence-electron chi connectivity index (χ3n) is 1.33. The van der Waals surface area contributed by atoms with Crippen molar-refractivity contribution in [3.05, 3.63) is 8.47 Å². The maximum Gasteiger partial charge on any atom is 0.143 e. The van der Waals surface area contributed by atoms with E-state index in [1.54, 1.807) is 14.2 Å². The fourth-order valence-electron chi connectivity index (χ4n) is 0.750. The van der Waals surface area contributed by atoms with E-state index in [1.807, 2.05) is 0 Å². The fraction of sp³-hybridized carbons (Fsp3) is 0.667. The van der Waals surface area contributed by atoms with Crippen LogP contribution in [-0.4, -0.2) is 25.1 Å². The normalized spacial score (nSPS) is 31.0. The second kappa shape index (κ2) is 5.07. The average Bonchev–Trinajstić information content (AvgIpc) is 2.09. The molecule has 12 heavy (non-hydrogen) atoms. The zero-order valence-corrected chi connectivity index (χ0v) is 10.1. The van der Waals surface area contributed by atoms with Crippen molar-refractivity contribution >= 4 is 48.8 Å². The molecular formula is C6H10O2S4. The highest BCUT2D eigenvalue weighted by atomic mass is 32.2. The quantitative estimate of drug-likeness (QED) is 0.724. The van der Waals surface area contributed by atoms with Crippen LogP contribution in [0.15, 0.2) is 8.47 Å². The van der Waals surface area contributed by atoms with Gasteiger partial charge in [-0.1, -0.05) is 23.5 Å². The molecule has 6 heteroatoms. The van der Waals surface area contributed by atoms with Gasteiger partial charge in [0.25, 0.3) is 0 Å². The Bertz CT molecular complexity index is 174. The Morgan fingerprint density at radius 3 is 1.58 bits per heavy atom. The number of thiol groups is 2. The molecule has 70 valence electrons. The van der Waals surface area contributed by atoms with Crippen LogP contribution in [0.5, 0.6) is 0 Å². The summed E-state index contributed by atoms with van der Waals surface area (Å²) in [5.74, 6) is 0. The molecule has 2 unspecified atom stereocenters. The average molecular weight is 242 g/mol. The van der Waals surface area contributed by atoms with E-state index >= 15 is 0 Å². The van der Waals surface area contributed by atoms with E-state index in [-0.39, 0.29) is 10.9 Å². The van der Waals surface area contributed by atoms with Crippen molar-refractivity contribution in [2.45, 2.75) is 10.9 Å². The smallest absolute Gasteiger partial charge is 0.143 e. The third-order valence-corrected chi connectivity index (χ3v) is 5.38. The number of hydrogen-bond donors (Lipinski definition) is 2. The highest BCUT2D eigenvalue weighted by Crippen LogP contribution is 2.46. The summed E-state index contributed by atoms with van der Waals surface area (Å²) in [6.07, 6.45) is 0. The van der Waals surface area contributed by atoms with Crippen LogP contribution in [-0.2, 0) is 9.47 Å². The van der Waals surface area contributed by atoms with Gasteiger partial charge in [-0.25, -0.2) is 0 Å².